The lowest BCUT2D eigenvalue weighted by molar-refractivity contribution is -0.147. The van der Waals surface area contributed by atoms with Crippen LogP contribution in [-0.4, -0.2) is 125 Å². The molecule has 0 bridgehead atoms. The Morgan fingerprint density at radius 1 is 0.583 bits per heavy atom. The van der Waals surface area contributed by atoms with E-state index in [1.165, 1.54) is 20.6 Å². The van der Waals surface area contributed by atoms with Gasteiger partial charge in [0.25, 0.3) is 5.91 Å². The number of rotatable bonds is 15. The van der Waals surface area contributed by atoms with Gasteiger partial charge in [0.05, 0.1) is 35.7 Å². The van der Waals surface area contributed by atoms with Crippen LogP contribution in [0.15, 0.2) is 97.2 Å². The zero-order valence-corrected chi connectivity index (χ0v) is 50.1. The minimum atomic E-state index is -0.991. The number of hydrogen-bond acceptors (Lipinski definition) is 10. The number of benzene rings is 4. The lowest BCUT2D eigenvalue weighted by Crippen LogP contribution is -2.62. The van der Waals surface area contributed by atoms with Crippen molar-refractivity contribution in [1.29, 1.82) is 0 Å². The maximum Gasteiger partial charge on any atom is 0.326 e. The van der Waals surface area contributed by atoms with Gasteiger partial charge in [0.15, 0.2) is 0 Å². The third-order valence-electron chi connectivity index (χ3n) is 17.4. The van der Waals surface area contributed by atoms with Crippen LogP contribution < -0.4 is 42.5 Å². The van der Waals surface area contributed by atoms with Gasteiger partial charge in [-0.05, 0) is 147 Å². The number of carbonyl (C=O) groups is 8. The number of fused-ring (bicyclic) bond motifs is 4. The highest BCUT2D eigenvalue weighted by Gasteiger charge is 2.47. The summed E-state index contributed by atoms with van der Waals surface area (Å²) in [6, 6.07) is 21.7. The van der Waals surface area contributed by atoms with Crippen LogP contribution in [0.1, 0.15) is 143 Å². The van der Waals surface area contributed by atoms with E-state index in [1.807, 2.05) is 90.1 Å². The van der Waals surface area contributed by atoms with Crippen molar-refractivity contribution in [1.82, 2.24) is 51.6 Å². The first-order valence-electron chi connectivity index (χ1n) is 29.6. The van der Waals surface area contributed by atoms with Gasteiger partial charge in [-0.2, -0.15) is 0 Å². The Morgan fingerprint density at radius 3 is 1.69 bits per heavy atom. The van der Waals surface area contributed by atoms with Crippen LogP contribution in [-0.2, 0) is 54.6 Å². The second-order valence-electron chi connectivity index (χ2n) is 25.4. The van der Waals surface area contributed by atoms with E-state index in [0.717, 1.165) is 60.8 Å². The molecule has 2 aliphatic carbocycles. The van der Waals surface area contributed by atoms with Gasteiger partial charge in [0.1, 0.15) is 24.2 Å². The fourth-order valence-corrected chi connectivity index (χ4v) is 12.3. The van der Waals surface area contributed by atoms with Gasteiger partial charge in [-0.25, -0.2) is 4.79 Å². The van der Waals surface area contributed by atoms with Gasteiger partial charge < -0.3 is 52.3 Å². The van der Waals surface area contributed by atoms with Crippen LogP contribution in [0.4, 0.5) is 10.5 Å². The van der Waals surface area contributed by atoms with E-state index in [1.54, 1.807) is 69.4 Å². The fraction of sp³-hybridized carbons (Fsp3) is 0.477. The van der Waals surface area contributed by atoms with E-state index >= 15 is 0 Å². The van der Waals surface area contributed by atoms with Crippen LogP contribution in [0.3, 0.4) is 0 Å². The number of hydrogen-bond donors (Lipinski definition) is 8. The first kappa shape index (κ1) is 60.7. The molecule has 19 heteroatoms. The van der Waals surface area contributed by atoms with E-state index in [4.69, 9.17) is 0 Å². The number of nitrogens with one attached hydrogen (secondary N) is 8. The van der Waals surface area contributed by atoms with E-state index in [-0.39, 0.29) is 67.2 Å². The Bertz CT molecular complexity index is 3340. The molecule has 1 saturated heterocycles. The summed E-state index contributed by atoms with van der Waals surface area (Å²) in [5, 5.41) is 24.9. The molecule has 4 aromatic carbocycles. The first-order chi connectivity index (χ1) is 39.9. The van der Waals surface area contributed by atoms with Gasteiger partial charge in [0, 0.05) is 42.3 Å². The molecule has 1 fully saturated rings. The molecule has 1 aromatic heterocycles. The molecule has 2 aliphatic heterocycles. The maximum absolute atomic E-state index is 15.0. The molecule has 9 atom stereocenters. The summed E-state index contributed by atoms with van der Waals surface area (Å²) in [5.41, 5.74) is 5.73. The number of likely N-dealkylation sites (N-methyl/N-ethyl adjacent to an activating group) is 2. The summed E-state index contributed by atoms with van der Waals surface area (Å²) in [6.45, 7) is 14.6. The minimum absolute atomic E-state index is 0.000520. The molecule has 84 heavy (non-hydrogen) atoms. The standard InChI is InChI=1S/C65H83N11O8/c1-37(66-9)56(77)72-54(64(3,4)5)61(82)75-35-42-32-43(29-28-41(42)33-52(75)59(80)70-49-25-15-20-39-18-11-13-22-45(39)49)68-58(79)48-24-17-27-51-47(48)30-31-74(51)63(84)69-44-34-53(60(81)71-50-26-16-21-40-19-12-14-23-46(40)50)76(36-44)62(83)55(65(6,7)8)73-57(78)38(2)67-10/h11-14,17-19,22-24,27-32,37-38,44,49-50,52-55,66-67H,15-16,20-21,25-26,33-36H2,1-10H3,(H,68,79)(H,69,84)(H,70,80)(H,71,81)(H,72,77)(H,73,78)/t37-,38-,44?,49?,50?,52-,53-,54+,55+/m0/s1. The van der Waals surface area contributed by atoms with E-state index in [2.05, 4.69) is 54.7 Å². The van der Waals surface area contributed by atoms with Crippen molar-refractivity contribution in [2.75, 3.05) is 26.0 Å². The Balaban J connectivity index is 0.940. The number of amides is 8. The Morgan fingerprint density at radius 2 is 1.13 bits per heavy atom. The van der Waals surface area contributed by atoms with Crippen LogP contribution in [0.25, 0.3) is 10.9 Å². The summed E-state index contributed by atoms with van der Waals surface area (Å²) in [6.07, 6.45) is 7.01. The lowest BCUT2D eigenvalue weighted by Gasteiger charge is -2.42. The highest BCUT2D eigenvalue weighted by atomic mass is 16.2. The van der Waals surface area contributed by atoms with Crippen molar-refractivity contribution in [3.05, 3.63) is 136 Å². The number of anilines is 1. The highest BCUT2D eigenvalue weighted by molar-refractivity contribution is 6.13. The minimum Gasteiger partial charge on any atom is -0.347 e. The predicted octanol–water partition coefficient (Wildman–Crippen LogP) is 6.34. The quantitative estimate of drug-likeness (QED) is 0.0579. The van der Waals surface area contributed by atoms with Crippen molar-refractivity contribution in [2.24, 2.45) is 10.8 Å². The molecule has 9 rings (SSSR count). The second kappa shape index (κ2) is 25.1. The zero-order chi connectivity index (χ0) is 60.4. The normalized spacial score (nSPS) is 20.9. The number of likely N-dealkylation sites (tertiary alicyclic amines) is 1. The van der Waals surface area contributed by atoms with Gasteiger partial charge in [-0.15, -0.1) is 0 Å². The van der Waals surface area contributed by atoms with Crippen molar-refractivity contribution in [2.45, 2.75) is 168 Å². The topological polar surface area (TPSA) is 244 Å². The van der Waals surface area contributed by atoms with Crippen LogP contribution >= 0.6 is 0 Å². The third-order valence-corrected chi connectivity index (χ3v) is 17.4. The molecule has 0 radical (unpaired) electrons. The van der Waals surface area contributed by atoms with Gasteiger partial charge in [-0.3, -0.25) is 38.1 Å². The highest BCUT2D eigenvalue weighted by Crippen LogP contribution is 2.35. The molecule has 4 aliphatic rings. The Hall–Kier alpha value is -7.90. The maximum atomic E-state index is 15.0. The molecular weight excluding hydrogens is 1060 g/mol. The molecule has 3 heterocycles. The van der Waals surface area contributed by atoms with Crippen molar-refractivity contribution in [3.8, 4) is 0 Å². The monoisotopic (exact) mass is 1150 g/mol. The first-order valence-corrected chi connectivity index (χ1v) is 29.6. The number of aryl methyl sites for hydroxylation is 2. The molecule has 8 amide bonds. The fourth-order valence-electron chi connectivity index (χ4n) is 12.3. The Labute approximate surface area is 492 Å². The van der Waals surface area contributed by atoms with Crippen molar-refractivity contribution < 1.29 is 38.4 Å². The summed E-state index contributed by atoms with van der Waals surface area (Å²) in [5.74, 6) is -2.64. The van der Waals surface area contributed by atoms with E-state index in [9.17, 15) is 38.4 Å². The number of carbonyl (C=O) groups excluding carboxylic acids is 8. The van der Waals surface area contributed by atoms with Crippen LogP contribution in [0, 0.1) is 10.8 Å². The molecule has 5 aromatic rings. The molecule has 3 unspecified atom stereocenters. The van der Waals surface area contributed by atoms with E-state index in [0.29, 0.717) is 16.6 Å². The van der Waals surface area contributed by atoms with Crippen LogP contribution in [0.5, 0.6) is 0 Å². The SMILES string of the molecule is CN[C@@H](C)C(=O)N[C@H](C(=O)N1Cc2cc(NC(=O)c3cccc4c3ccn4C(=O)NC3C[C@@H](C(=O)NC4CCCc5ccccc54)N(C(=O)[C@@H](NC(=O)[C@H](C)NC)C(C)(C)C)C3)ccc2C[C@H]1C(=O)NC1CCCc2ccccc21)C(C)(C)C. The number of aromatic nitrogens is 1. The van der Waals surface area contributed by atoms with E-state index < -0.39 is 76.9 Å². The predicted molar refractivity (Wildman–Crippen MR) is 323 cm³/mol. The van der Waals surface area contributed by atoms with Crippen molar-refractivity contribution in [3.63, 3.8) is 0 Å². The zero-order valence-electron chi connectivity index (χ0n) is 50.1. The molecular formula is C65H83N11O8. The molecule has 0 saturated carbocycles. The van der Waals surface area contributed by atoms with Gasteiger partial charge >= 0.3 is 6.03 Å². The van der Waals surface area contributed by atoms with Crippen LogP contribution in [0.2, 0.25) is 0 Å². The van der Waals surface area contributed by atoms with Gasteiger partial charge in [0.2, 0.25) is 35.4 Å². The largest absolute Gasteiger partial charge is 0.347 e. The lowest BCUT2D eigenvalue weighted by atomic mass is 9.83. The summed E-state index contributed by atoms with van der Waals surface area (Å²) in [4.78, 5) is 117. The molecule has 19 nitrogen and oxygen atoms in total. The average Bonchev–Trinajstić information content (AvgIpc) is 1.81. The smallest absolute Gasteiger partial charge is 0.326 e. The molecule has 0 spiro atoms. The summed E-state index contributed by atoms with van der Waals surface area (Å²) in [7, 11) is 3.33. The molecule has 8 N–H and O–H groups in total. The summed E-state index contributed by atoms with van der Waals surface area (Å²) < 4.78 is 1.40. The van der Waals surface area contributed by atoms with Gasteiger partial charge in [-0.1, -0.05) is 102 Å². The number of nitrogens with zero attached hydrogens (tertiary/aromatic N) is 3. The summed E-state index contributed by atoms with van der Waals surface area (Å²) >= 11 is 0. The average molecular weight is 1150 g/mol. The Kier molecular flexibility index (Phi) is 18.2. The second-order valence-corrected chi connectivity index (χ2v) is 25.4. The third kappa shape index (κ3) is 13.1. The van der Waals surface area contributed by atoms with Crippen molar-refractivity contribution >= 4 is 64.0 Å². The molecule has 446 valence electrons.